The van der Waals surface area contributed by atoms with Gasteiger partial charge in [0.05, 0.1) is 18.2 Å². The van der Waals surface area contributed by atoms with Crippen LogP contribution in [0.5, 0.6) is 5.75 Å². The van der Waals surface area contributed by atoms with Crippen molar-refractivity contribution in [1.82, 2.24) is 15.0 Å². The number of benzene rings is 1. The number of ether oxygens (including phenoxy) is 1. The first-order valence-corrected chi connectivity index (χ1v) is 8.25. The monoisotopic (exact) mass is 339 g/mol. The highest BCUT2D eigenvalue weighted by Gasteiger charge is 2.15. The number of pyridine rings is 1. The maximum atomic E-state index is 13.7. The number of nitrogens with zero attached hydrogens (tertiary/aromatic N) is 3. The minimum Gasteiger partial charge on any atom is -0.493 e. The van der Waals surface area contributed by atoms with Crippen LogP contribution in [0.15, 0.2) is 36.7 Å². The summed E-state index contributed by atoms with van der Waals surface area (Å²) >= 11 is 0. The molecule has 2 N–H and O–H groups in total. The molecule has 1 aromatic carbocycles. The summed E-state index contributed by atoms with van der Waals surface area (Å²) in [5, 5.41) is 6.59. The molecule has 3 heterocycles. The minimum absolute atomic E-state index is 0.169. The molecule has 2 bridgehead atoms. The number of aromatic nitrogens is 3. The Morgan fingerprint density at radius 3 is 3.04 bits per heavy atom. The minimum atomic E-state index is -0.288. The van der Waals surface area contributed by atoms with Crippen LogP contribution in [0.3, 0.4) is 0 Å². The number of anilines is 2. The van der Waals surface area contributed by atoms with Gasteiger partial charge < -0.3 is 15.4 Å². The molecular formula is C18H18FN5O. The third-order valence-electron chi connectivity index (χ3n) is 4.16. The van der Waals surface area contributed by atoms with Crippen LogP contribution in [0, 0.1) is 5.82 Å². The summed E-state index contributed by atoms with van der Waals surface area (Å²) in [5.74, 6) is 1.76. The van der Waals surface area contributed by atoms with Crippen molar-refractivity contribution in [1.29, 1.82) is 0 Å². The van der Waals surface area contributed by atoms with Gasteiger partial charge in [-0.3, -0.25) is 0 Å². The van der Waals surface area contributed by atoms with Crippen molar-refractivity contribution < 1.29 is 9.13 Å². The normalized spacial score (nSPS) is 17.3. The predicted molar refractivity (Wildman–Crippen MR) is 94.4 cm³/mol. The van der Waals surface area contributed by atoms with Crippen molar-refractivity contribution in [3.05, 3.63) is 48.0 Å². The van der Waals surface area contributed by atoms with E-state index in [9.17, 15) is 4.39 Å². The Balaban J connectivity index is 1.78. The molecule has 4 rings (SSSR count). The molecule has 0 saturated heterocycles. The Labute approximate surface area is 144 Å². The van der Waals surface area contributed by atoms with E-state index in [-0.39, 0.29) is 11.9 Å². The van der Waals surface area contributed by atoms with Crippen LogP contribution < -0.4 is 15.4 Å². The van der Waals surface area contributed by atoms with E-state index in [1.54, 1.807) is 6.07 Å². The van der Waals surface area contributed by atoms with Gasteiger partial charge in [-0.2, -0.15) is 0 Å². The number of halogens is 1. The Bertz CT molecular complexity index is 917. The van der Waals surface area contributed by atoms with Crippen LogP contribution in [0.2, 0.25) is 0 Å². The van der Waals surface area contributed by atoms with Crippen molar-refractivity contribution in [3.63, 3.8) is 0 Å². The Morgan fingerprint density at radius 2 is 2.12 bits per heavy atom. The summed E-state index contributed by atoms with van der Waals surface area (Å²) in [5.41, 5.74) is 2.24. The number of nitrogens with one attached hydrogen (secondary N) is 2. The zero-order valence-electron chi connectivity index (χ0n) is 13.8. The lowest BCUT2D eigenvalue weighted by Crippen LogP contribution is -2.11. The molecule has 1 unspecified atom stereocenters. The smallest absolute Gasteiger partial charge is 0.156 e. The number of hydrogen-bond donors (Lipinski definition) is 2. The summed E-state index contributed by atoms with van der Waals surface area (Å²) in [6, 6.07) is 8.17. The average molecular weight is 339 g/mol. The van der Waals surface area contributed by atoms with E-state index >= 15 is 0 Å². The molecule has 0 aliphatic carbocycles. The van der Waals surface area contributed by atoms with E-state index in [1.807, 2.05) is 19.1 Å². The molecule has 1 atom stereocenters. The van der Waals surface area contributed by atoms with Gasteiger partial charge in [-0.15, -0.1) is 0 Å². The van der Waals surface area contributed by atoms with Crippen LogP contribution in [0.25, 0.3) is 11.0 Å². The molecule has 3 aromatic rings. The first-order valence-electron chi connectivity index (χ1n) is 8.25. The van der Waals surface area contributed by atoms with E-state index in [4.69, 9.17) is 4.74 Å². The molecule has 6 nitrogen and oxygen atoms in total. The largest absolute Gasteiger partial charge is 0.493 e. The van der Waals surface area contributed by atoms with Crippen molar-refractivity contribution >= 4 is 22.7 Å². The fourth-order valence-electron chi connectivity index (χ4n) is 2.90. The fourth-order valence-corrected chi connectivity index (χ4v) is 2.90. The summed E-state index contributed by atoms with van der Waals surface area (Å²) in [7, 11) is 0. The number of rotatable bonds is 0. The summed E-state index contributed by atoms with van der Waals surface area (Å²) in [4.78, 5) is 13.2. The van der Waals surface area contributed by atoms with Crippen molar-refractivity contribution in [2.75, 3.05) is 23.8 Å². The van der Waals surface area contributed by atoms with Crippen LogP contribution in [-0.4, -0.2) is 28.1 Å². The molecule has 1 aliphatic heterocycles. The van der Waals surface area contributed by atoms with Gasteiger partial charge in [0.1, 0.15) is 29.2 Å². The van der Waals surface area contributed by atoms with E-state index in [0.29, 0.717) is 36.1 Å². The van der Waals surface area contributed by atoms with Crippen molar-refractivity contribution in [2.24, 2.45) is 0 Å². The van der Waals surface area contributed by atoms with Crippen molar-refractivity contribution in [3.8, 4) is 5.75 Å². The summed E-state index contributed by atoms with van der Waals surface area (Å²) in [6.45, 7) is 3.17. The van der Waals surface area contributed by atoms with Gasteiger partial charge in [0, 0.05) is 12.1 Å². The highest BCUT2D eigenvalue weighted by molar-refractivity contribution is 5.86. The molecule has 0 saturated carbocycles. The third kappa shape index (κ3) is 3.17. The fraction of sp³-hybridized carbons (Fsp3) is 0.278. The average Bonchev–Trinajstić information content (AvgIpc) is 2.63. The maximum Gasteiger partial charge on any atom is 0.156 e. The molecule has 25 heavy (non-hydrogen) atoms. The van der Waals surface area contributed by atoms with Crippen LogP contribution in [-0.2, 0) is 0 Å². The molecule has 0 spiro atoms. The number of hydrogen-bond acceptors (Lipinski definition) is 6. The first kappa shape index (κ1) is 15.6. The predicted octanol–water partition coefficient (Wildman–Crippen LogP) is 3.53. The standard InChI is InChI=1S/C18H18FN5O/c1-11-13-9-12(19)3-5-15(13)25-8-2-7-20-18-17-14(21-10-22-18)4-6-16(23-11)24-17/h3-6,9-11H,2,7-8H2,1H3,(H,23,24)(H,20,21,22). The molecule has 0 radical (unpaired) electrons. The van der Waals surface area contributed by atoms with Crippen LogP contribution in [0.1, 0.15) is 24.9 Å². The molecule has 7 heteroatoms. The third-order valence-corrected chi connectivity index (χ3v) is 4.16. The Morgan fingerprint density at radius 1 is 1.20 bits per heavy atom. The Kier molecular flexibility index (Phi) is 4.05. The maximum absolute atomic E-state index is 13.7. The van der Waals surface area contributed by atoms with E-state index in [0.717, 1.165) is 17.5 Å². The lowest BCUT2D eigenvalue weighted by atomic mass is 10.1. The van der Waals surface area contributed by atoms with Crippen molar-refractivity contribution in [2.45, 2.75) is 19.4 Å². The molecule has 0 fully saturated rings. The van der Waals surface area contributed by atoms with E-state index < -0.39 is 0 Å². The molecular weight excluding hydrogens is 321 g/mol. The number of fused-ring (bicyclic) bond motifs is 2. The van der Waals surface area contributed by atoms with E-state index in [1.165, 1.54) is 18.5 Å². The SMILES string of the molecule is CC1Nc2ccc3ncnc(c3n2)NCCCOc2ccc(F)cc21. The van der Waals surface area contributed by atoms with Gasteiger partial charge in [0.15, 0.2) is 5.82 Å². The lowest BCUT2D eigenvalue weighted by Gasteiger charge is -2.19. The molecule has 2 aromatic heterocycles. The second-order valence-corrected chi connectivity index (χ2v) is 5.96. The van der Waals surface area contributed by atoms with Gasteiger partial charge in [0.2, 0.25) is 0 Å². The summed E-state index contributed by atoms with van der Waals surface area (Å²) in [6.07, 6.45) is 2.30. The highest BCUT2D eigenvalue weighted by Crippen LogP contribution is 2.29. The van der Waals surface area contributed by atoms with E-state index in [2.05, 4.69) is 25.6 Å². The first-order chi connectivity index (χ1) is 12.2. The molecule has 1 aliphatic rings. The van der Waals surface area contributed by atoms with Gasteiger partial charge in [0.25, 0.3) is 0 Å². The summed E-state index contributed by atoms with van der Waals surface area (Å²) < 4.78 is 19.6. The highest BCUT2D eigenvalue weighted by atomic mass is 19.1. The quantitative estimate of drug-likeness (QED) is 0.653. The van der Waals surface area contributed by atoms with Crippen LogP contribution >= 0.6 is 0 Å². The van der Waals surface area contributed by atoms with Gasteiger partial charge in [-0.25, -0.2) is 19.3 Å². The zero-order chi connectivity index (χ0) is 17.2. The van der Waals surface area contributed by atoms with Gasteiger partial charge >= 0.3 is 0 Å². The second kappa shape index (κ2) is 6.51. The molecule has 128 valence electrons. The van der Waals surface area contributed by atoms with Gasteiger partial charge in [-0.1, -0.05) is 0 Å². The second-order valence-electron chi connectivity index (χ2n) is 5.96. The van der Waals surface area contributed by atoms with Gasteiger partial charge in [-0.05, 0) is 43.7 Å². The zero-order valence-corrected chi connectivity index (χ0v) is 13.8. The lowest BCUT2D eigenvalue weighted by molar-refractivity contribution is 0.310. The Hall–Kier alpha value is -2.96. The molecule has 0 amide bonds. The van der Waals surface area contributed by atoms with Crippen LogP contribution in [0.4, 0.5) is 16.0 Å². The topological polar surface area (TPSA) is 72.0 Å².